The monoisotopic (exact) mass is 315 g/mol. The van der Waals surface area contributed by atoms with E-state index in [2.05, 4.69) is 0 Å². The van der Waals surface area contributed by atoms with Gasteiger partial charge in [-0.25, -0.2) is 4.79 Å². The van der Waals surface area contributed by atoms with Gasteiger partial charge in [-0.1, -0.05) is 30.3 Å². The van der Waals surface area contributed by atoms with Gasteiger partial charge in [-0.2, -0.15) is 0 Å². The third-order valence-electron chi connectivity index (χ3n) is 3.53. The van der Waals surface area contributed by atoms with Crippen molar-refractivity contribution >= 4 is 5.97 Å². The van der Waals surface area contributed by atoms with Crippen molar-refractivity contribution in [2.75, 3.05) is 0 Å². The van der Waals surface area contributed by atoms with Crippen molar-refractivity contribution in [1.29, 1.82) is 0 Å². The summed E-state index contributed by atoms with van der Waals surface area (Å²) in [6.45, 7) is 0. The number of carboxylic acids is 1. The number of carbonyl (C=O) groups is 1. The molecule has 0 amide bonds. The van der Waals surface area contributed by atoms with Crippen LogP contribution in [0.4, 0.5) is 0 Å². The van der Waals surface area contributed by atoms with Gasteiger partial charge in [-0.15, -0.1) is 0 Å². The summed E-state index contributed by atoms with van der Waals surface area (Å²) in [6.07, 6.45) is -7.11. The molecule has 10 nitrogen and oxygen atoms in total. The summed E-state index contributed by atoms with van der Waals surface area (Å²) in [7, 11) is 0. The lowest BCUT2D eigenvalue weighted by Crippen LogP contribution is -2.75. The molecular weight excluding hydrogens is 302 g/mol. The maximum Gasteiger partial charge on any atom is 0.409 e. The van der Waals surface area contributed by atoms with Gasteiger partial charge in [0.2, 0.25) is 0 Å². The number of nitrogens with zero attached hydrogens (tertiary/aromatic N) is 1. The number of aliphatic carboxylic acids is 1. The molecule has 1 saturated heterocycles. The summed E-state index contributed by atoms with van der Waals surface area (Å²) in [4.78, 5) is 20.8. The molecule has 0 bridgehead atoms. The minimum absolute atomic E-state index is 0.355. The van der Waals surface area contributed by atoms with E-state index in [0.29, 0.717) is 0 Å². The van der Waals surface area contributed by atoms with E-state index < -0.39 is 40.7 Å². The van der Waals surface area contributed by atoms with Crippen LogP contribution in [0.25, 0.3) is 0 Å². The highest BCUT2D eigenvalue weighted by molar-refractivity contribution is 5.73. The number of aliphatic hydroxyl groups is 4. The Morgan fingerprint density at radius 3 is 2.23 bits per heavy atom. The molecule has 22 heavy (non-hydrogen) atoms. The highest BCUT2D eigenvalue weighted by Crippen LogP contribution is 2.43. The third-order valence-corrected chi connectivity index (χ3v) is 3.53. The van der Waals surface area contributed by atoms with Crippen molar-refractivity contribution in [1.82, 2.24) is 0 Å². The van der Waals surface area contributed by atoms with E-state index in [9.17, 15) is 35.3 Å². The molecule has 0 aromatic heterocycles. The fraction of sp³-hybridized carbons (Fsp3) is 0.417. The summed E-state index contributed by atoms with van der Waals surface area (Å²) >= 11 is 0. The van der Waals surface area contributed by atoms with E-state index in [1.165, 1.54) is 18.2 Å². The minimum atomic E-state index is -3.57. The third kappa shape index (κ3) is 2.05. The quantitative estimate of drug-likeness (QED) is 0.240. The number of benzene rings is 1. The van der Waals surface area contributed by atoms with Crippen molar-refractivity contribution in [3.63, 3.8) is 0 Å². The molecule has 1 aromatic carbocycles. The molecule has 120 valence electrons. The molecule has 0 radical (unpaired) electrons. The first kappa shape index (κ1) is 16.3. The average Bonchev–Trinajstić information content (AvgIpc) is 2.49. The summed E-state index contributed by atoms with van der Waals surface area (Å²) in [5, 5.41) is 60.3. The smallest absolute Gasteiger partial charge is 0.409 e. The number of hydrogen-bond donors (Lipinski definition) is 5. The topological polar surface area (TPSA) is 171 Å². The predicted octanol–water partition coefficient (Wildman–Crippen LogP) is -2.00. The average molecular weight is 315 g/mol. The van der Waals surface area contributed by atoms with Gasteiger partial charge < -0.3 is 30.3 Å². The van der Waals surface area contributed by atoms with Crippen LogP contribution in [-0.4, -0.2) is 60.5 Å². The number of rotatable bonds is 3. The molecule has 0 spiro atoms. The van der Waals surface area contributed by atoms with E-state index >= 15 is 0 Å². The maximum absolute atomic E-state index is 11.2. The molecule has 0 aliphatic carbocycles. The van der Waals surface area contributed by atoms with Gasteiger partial charge in [0, 0.05) is 5.56 Å². The van der Waals surface area contributed by atoms with E-state index in [1.807, 2.05) is 0 Å². The zero-order valence-corrected chi connectivity index (χ0v) is 10.9. The van der Waals surface area contributed by atoms with Crippen LogP contribution < -0.4 is 0 Å². The summed E-state index contributed by atoms with van der Waals surface area (Å²) < 4.78 is 4.74. The molecule has 10 heteroatoms. The Balaban J connectivity index is 2.65. The van der Waals surface area contributed by atoms with Gasteiger partial charge in [-0.05, 0) is 0 Å². The second-order valence-corrected chi connectivity index (χ2v) is 4.81. The molecule has 5 atom stereocenters. The first-order chi connectivity index (χ1) is 10.2. The number of hydrogen-bond acceptors (Lipinski definition) is 8. The van der Waals surface area contributed by atoms with Crippen LogP contribution in [0.5, 0.6) is 0 Å². The number of aliphatic hydroxyl groups excluding tert-OH is 2. The molecule has 5 N–H and O–H groups in total. The van der Waals surface area contributed by atoms with E-state index in [1.54, 1.807) is 0 Å². The first-order valence-electron chi connectivity index (χ1n) is 6.07. The van der Waals surface area contributed by atoms with E-state index in [-0.39, 0.29) is 5.56 Å². The van der Waals surface area contributed by atoms with E-state index in [4.69, 9.17) is 9.84 Å². The Morgan fingerprint density at radius 2 is 1.77 bits per heavy atom. The van der Waals surface area contributed by atoms with Crippen molar-refractivity contribution in [3.8, 4) is 0 Å². The molecule has 0 saturated carbocycles. The fourth-order valence-electron chi connectivity index (χ4n) is 2.32. The van der Waals surface area contributed by atoms with Crippen molar-refractivity contribution in [3.05, 3.63) is 46.0 Å². The van der Waals surface area contributed by atoms with Crippen LogP contribution in [-0.2, 0) is 15.3 Å². The van der Waals surface area contributed by atoms with Gasteiger partial charge in [0.1, 0.15) is 6.10 Å². The minimum Gasteiger partial charge on any atom is -0.479 e. The molecule has 1 heterocycles. The normalized spacial score (nSPS) is 38.5. The predicted molar refractivity (Wildman–Crippen MR) is 66.8 cm³/mol. The van der Waals surface area contributed by atoms with Gasteiger partial charge >= 0.3 is 11.7 Å². The Kier molecular flexibility index (Phi) is 3.89. The summed E-state index contributed by atoms with van der Waals surface area (Å²) in [5.74, 6) is -4.95. The van der Waals surface area contributed by atoms with Crippen molar-refractivity contribution in [2.24, 2.45) is 0 Å². The molecular formula is C12H13NO9. The molecule has 1 aliphatic rings. The SMILES string of the molecule is O=C(O)[C@H]1O[C@](O)(c2ccccc2)[C@@](O)([N+](=O)[O-])[C@@H](O)[C@@H]1O. The fourth-order valence-corrected chi connectivity index (χ4v) is 2.32. The van der Waals surface area contributed by atoms with Crippen molar-refractivity contribution < 1.29 is 40.0 Å². The van der Waals surface area contributed by atoms with Gasteiger partial charge in [0.15, 0.2) is 12.2 Å². The maximum atomic E-state index is 11.2. The Bertz CT molecular complexity index is 594. The van der Waals surface area contributed by atoms with Gasteiger partial charge in [-0.3, -0.25) is 10.1 Å². The molecule has 1 aromatic rings. The Morgan fingerprint density at radius 1 is 1.23 bits per heavy atom. The number of nitro groups is 1. The highest BCUT2D eigenvalue weighted by atomic mass is 16.7. The summed E-state index contributed by atoms with van der Waals surface area (Å²) in [6, 6.07) is 6.48. The highest BCUT2D eigenvalue weighted by Gasteiger charge is 2.74. The Labute approximate surface area is 123 Å². The first-order valence-corrected chi connectivity index (χ1v) is 6.07. The standard InChI is InChI=1S/C12H13NO9/c14-7-8(10(16)17)22-12(19,6-4-2-1-3-5-6)11(18,9(7)15)13(20)21/h1-5,7-9,14-15,18-19H,(H,16,17)/t7-,8+,9+,11-,12-/m1/s1. The lowest BCUT2D eigenvalue weighted by Gasteiger charge is -2.46. The van der Waals surface area contributed by atoms with Crippen LogP contribution >= 0.6 is 0 Å². The Hall–Kier alpha value is -2.11. The van der Waals surface area contributed by atoms with Gasteiger partial charge in [0.25, 0.3) is 5.79 Å². The van der Waals surface area contributed by atoms with Gasteiger partial charge in [0.05, 0.1) is 4.92 Å². The second kappa shape index (κ2) is 5.26. The van der Waals surface area contributed by atoms with Crippen LogP contribution in [0.15, 0.2) is 30.3 Å². The van der Waals surface area contributed by atoms with E-state index in [0.717, 1.165) is 12.1 Å². The van der Waals surface area contributed by atoms with Crippen LogP contribution in [0.2, 0.25) is 0 Å². The lowest BCUT2D eigenvalue weighted by molar-refractivity contribution is -0.697. The van der Waals surface area contributed by atoms with Crippen molar-refractivity contribution in [2.45, 2.75) is 29.8 Å². The largest absolute Gasteiger partial charge is 0.479 e. The van der Waals surface area contributed by atoms with Crippen LogP contribution in [0.3, 0.4) is 0 Å². The van der Waals surface area contributed by atoms with Crippen LogP contribution in [0, 0.1) is 10.1 Å². The van der Waals surface area contributed by atoms with Crippen LogP contribution in [0.1, 0.15) is 5.56 Å². The molecule has 1 fully saturated rings. The zero-order chi connectivity index (χ0) is 16.7. The zero-order valence-electron chi connectivity index (χ0n) is 10.9. The summed E-state index contributed by atoms with van der Waals surface area (Å²) in [5.41, 5.74) is -3.92. The molecule has 2 rings (SSSR count). The molecule has 1 aliphatic heterocycles. The number of carboxylic acid groups (broad SMARTS) is 1. The number of ether oxygens (including phenoxy) is 1. The lowest BCUT2D eigenvalue weighted by atomic mass is 9.83. The second-order valence-electron chi connectivity index (χ2n) is 4.81. The molecule has 0 unspecified atom stereocenters.